The van der Waals surface area contributed by atoms with Crippen LogP contribution >= 0.6 is 11.6 Å². The molecule has 0 aliphatic rings. The second-order valence-electron chi connectivity index (χ2n) is 5.67. The lowest BCUT2D eigenvalue weighted by molar-refractivity contribution is 0.306. The SMILES string of the molecule is CC(C)(C)Nc1cc(OCc2ccc(Cl)cc2)ccn1. The highest BCUT2D eigenvalue weighted by Crippen LogP contribution is 2.19. The van der Waals surface area contributed by atoms with Crippen LogP contribution in [0, 0.1) is 0 Å². The van der Waals surface area contributed by atoms with Crippen molar-refractivity contribution < 1.29 is 4.74 Å². The number of nitrogens with one attached hydrogen (secondary N) is 1. The van der Waals surface area contributed by atoms with Crippen LogP contribution in [0.1, 0.15) is 26.3 Å². The van der Waals surface area contributed by atoms with Gasteiger partial charge >= 0.3 is 0 Å². The number of benzene rings is 1. The molecule has 0 unspecified atom stereocenters. The molecule has 0 aliphatic heterocycles. The quantitative estimate of drug-likeness (QED) is 0.898. The fourth-order valence-electron chi connectivity index (χ4n) is 1.70. The van der Waals surface area contributed by atoms with Gasteiger partial charge in [-0.05, 0) is 44.5 Å². The Hall–Kier alpha value is -1.74. The number of hydrogen-bond acceptors (Lipinski definition) is 3. The highest BCUT2D eigenvalue weighted by atomic mass is 35.5. The Balaban J connectivity index is 1.99. The summed E-state index contributed by atoms with van der Waals surface area (Å²) in [6.45, 7) is 6.79. The van der Waals surface area contributed by atoms with Crippen molar-refractivity contribution in [3.05, 3.63) is 53.2 Å². The molecule has 20 heavy (non-hydrogen) atoms. The summed E-state index contributed by atoms with van der Waals surface area (Å²) < 4.78 is 5.76. The number of pyridine rings is 1. The van der Waals surface area contributed by atoms with Crippen molar-refractivity contribution in [1.29, 1.82) is 0 Å². The Labute approximate surface area is 124 Å². The van der Waals surface area contributed by atoms with Gasteiger partial charge in [0.2, 0.25) is 0 Å². The maximum Gasteiger partial charge on any atom is 0.129 e. The summed E-state index contributed by atoms with van der Waals surface area (Å²) in [4.78, 5) is 4.28. The number of aromatic nitrogens is 1. The zero-order valence-electron chi connectivity index (χ0n) is 12.0. The monoisotopic (exact) mass is 290 g/mol. The molecule has 0 bridgehead atoms. The van der Waals surface area contributed by atoms with Crippen molar-refractivity contribution in [2.45, 2.75) is 32.9 Å². The number of rotatable bonds is 4. The second-order valence-corrected chi connectivity index (χ2v) is 6.10. The van der Waals surface area contributed by atoms with E-state index in [1.165, 1.54) is 0 Å². The van der Waals surface area contributed by atoms with Crippen molar-refractivity contribution in [3.8, 4) is 5.75 Å². The average molecular weight is 291 g/mol. The molecular weight excluding hydrogens is 272 g/mol. The molecule has 3 nitrogen and oxygen atoms in total. The Bertz CT molecular complexity index is 561. The van der Waals surface area contributed by atoms with Crippen LogP contribution in [0.2, 0.25) is 5.02 Å². The maximum atomic E-state index is 5.85. The molecule has 106 valence electrons. The Kier molecular flexibility index (Phi) is 4.50. The zero-order chi connectivity index (χ0) is 14.6. The van der Waals surface area contributed by atoms with Gasteiger partial charge in [-0.2, -0.15) is 0 Å². The van der Waals surface area contributed by atoms with Crippen molar-refractivity contribution in [2.75, 3.05) is 5.32 Å². The minimum absolute atomic E-state index is 0.0260. The second kappa shape index (κ2) is 6.14. The van der Waals surface area contributed by atoms with E-state index >= 15 is 0 Å². The van der Waals surface area contributed by atoms with E-state index in [4.69, 9.17) is 16.3 Å². The molecule has 4 heteroatoms. The molecule has 0 saturated heterocycles. The van der Waals surface area contributed by atoms with Crippen molar-refractivity contribution >= 4 is 17.4 Å². The van der Waals surface area contributed by atoms with Crippen LogP contribution in [-0.2, 0) is 6.61 Å². The fourth-order valence-corrected chi connectivity index (χ4v) is 1.83. The van der Waals surface area contributed by atoms with Crippen LogP contribution in [0.5, 0.6) is 5.75 Å². The minimum atomic E-state index is -0.0260. The molecule has 1 aromatic carbocycles. The van der Waals surface area contributed by atoms with Gasteiger partial charge in [0.15, 0.2) is 0 Å². The van der Waals surface area contributed by atoms with Gasteiger partial charge in [-0.3, -0.25) is 0 Å². The minimum Gasteiger partial charge on any atom is -0.489 e. The molecule has 0 radical (unpaired) electrons. The predicted octanol–water partition coefficient (Wildman–Crippen LogP) is 4.52. The molecule has 2 aromatic rings. The summed E-state index contributed by atoms with van der Waals surface area (Å²) >= 11 is 5.85. The van der Waals surface area contributed by atoms with E-state index < -0.39 is 0 Å². The zero-order valence-corrected chi connectivity index (χ0v) is 12.7. The lowest BCUT2D eigenvalue weighted by Crippen LogP contribution is -2.26. The van der Waals surface area contributed by atoms with E-state index in [1.807, 2.05) is 36.4 Å². The van der Waals surface area contributed by atoms with E-state index in [9.17, 15) is 0 Å². The third-order valence-corrected chi connectivity index (χ3v) is 2.81. The largest absolute Gasteiger partial charge is 0.489 e. The summed E-state index contributed by atoms with van der Waals surface area (Å²) in [6.07, 6.45) is 1.74. The number of ether oxygens (including phenoxy) is 1. The predicted molar refractivity (Wildman–Crippen MR) is 83.4 cm³/mol. The summed E-state index contributed by atoms with van der Waals surface area (Å²) in [5.41, 5.74) is 1.05. The number of halogens is 1. The molecule has 0 aliphatic carbocycles. The van der Waals surface area contributed by atoms with Crippen molar-refractivity contribution in [2.24, 2.45) is 0 Å². The highest BCUT2D eigenvalue weighted by molar-refractivity contribution is 6.30. The standard InChI is InChI=1S/C16H19ClN2O/c1-16(2,3)19-15-10-14(8-9-18-15)20-11-12-4-6-13(17)7-5-12/h4-10H,11H2,1-3H3,(H,18,19). The lowest BCUT2D eigenvalue weighted by atomic mass is 10.1. The smallest absolute Gasteiger partial charge is 0.129 e. The molecule has 1 aromatic heterocycles. The normalized spacial score (nSPS) is 11.2. The van der Waals surface area contributed by atoms with Gasteiger partial charge in [-0.1, -0.05) is 23.7 Å². The van der Waals surface area contributed by atoms with Gasteiger partial charge in [0.05, 0.1) is 0 Å². The summed E-state index contributed by atoms with van der Waals surface area (Å²) in [5, 5.41) is 4.05. The maximum absolute atomic E-state index is 5.85. The van der Waals surface area contributed by atoms with Gasteiger partial charge in [0.25, 0.3) is 0 Å². The van der Waals surface area contributed by atoms with Crippen LogP contribution in [0.15, 0.2) is 42.6 Å². The molecule has 0 atom stereocenters. The average Bonchev–Trinajstić information content (AvgIpc) is 2.36. The molecular formula is C16H19ClN2O. The molecule has 2 rings (SSSR count). The van der Waals surface area contributed by atoms with Gasteiger partial charge < -0.3 is 10.1 Å². The third kappa shape index (κ3) is 4.74. The Morgan fingerprint density at radius 1 is 1.15 bits per heavy atom. The van der Waals surface area contributed by atoms with Crippen LogP contribution < -0.4 is 10.1 Å². The van der Waals surface area contributed by atoms with Gasteiger partial charge in [0.1, 0.15) is 18.2 Å². The number of nitrogens with zero attached hydrogens (tertiary/aromatic N) is 1. The summed E-state index contributed by atoms with van der Waals surface area (Å²) in [7, 11) is 0. The van der Waals surface area contributed by atoms with E-state index in [1.54, 1.807) is 6.20 Å². The summed E-state index contributed by atoms with van der Waals surface area (Å²) in [5.74, 6) is 1.60. The third-order valence-electron chi connectivity index (χ3n) is 2.55. The Morgan fingerprint density at radius 3 is 2.50 bits per heavy atom. The molecule has 0 fully saturated rings. The molecule has 0 amide bonds. The van der Waals surface area contributed by atoms with Crippen LogP contribution in [0.3, 0.4) is 0 Å². The first kappa shape index (κ1) is 14.7. The van der Waals surface area contributed by atoms with Gasteiger partial charge in [0, 0.05) is 22.8 Å². The molecule has 0 saturated carbocycles. The van der Waals surface area contributed by atoms with E-state index in [2.05, 4.69) is 31.1 Å². The fraction of sp³-hybridized carbons (Fsp3) is 0.312. The van der Waals surface area contributed by atoms with Crippen LogP contribution in [0.25, 0.3) is 0 Å². The lowest BCUT2D eigenvalue weighted by Gasteiger charge is -2.21. The number of hydrogen-bond donors (Lipinski definition) is 1. The topological polar surface area (TPSA) is 34.1 Å². The molecule has 1 N–H and O–H groups in total. The first-order chi connectivity index (χ1) is 9.42. The first-order valence-corrected chi connectivity index (χ1v) is 6.92. The van der Waals surface area contributed by atoms with Crippen LogP contribution in [0.4, 0.5) is 5.82 Å². The van der Waals surface area contributed by atoms with Crippen molar-refractivity contribution in [3.63, 3.8) is 0 Å². The summed E-state index contributed by atoms with van der Waals surface area (Å²) in [6, 6.07) is 11.4. The van der Waals surface area contributed by atoms with Gasteiger partial charge in [-0.25, -0.2) is 4.98 Å². The molecule has 1 heterocycles. The van der Waals surface area contributed by atoms with Gasteiger partial charge in [-0.15, -0.1) is 0 Å². The van der Waals surface area contributed by atoms with Crippen LogP contribution in [-0.4, -0.2) is 10.5 Å². The first-order valence-electron chi connectivity index (χ1n) is 6.54. The van der Waals surface area contributed by atoms with E-state index in [0.717, 1.165) is 22.2 Å². The number of anilines is 1. The van der Waals surface area contributed by atoms with E-state index in [0.29, 0.717) is 6.61 Å². The van der Waals surface area contributed by atoms with E-state index in [-0.39, 0.29) is 5.54 Å². The highest BCUT2D eigenvalue weighted by Gasteiger charge is 2.10. The molecule has 0 spiro atoms. The Morgan fingerprint density at radius 2 is 1.85 bits per heavy atom. The van der Waals surface area contributed by atoms with Crippen molar-refractivity contribution in [1.82, 2.24) is 4.98 Å².